The monoisotopic (exact) mass is 355 g/mol. The van der Waals surface area contributed by atoms with E-state index >= 15 is 0 Å². The highest BCUT2D eigenvalue weighted by Crippen LogP contribution is 2.38. The number of benzene rings is 1. The average molecular weight is 357 g/mol. The molecule has 0 amide bonds. The fraction of sp³-hybridized carbons (Fsp3) is 0.600. The molecule has 1 rings (SSSR count). The molecule has 0 aromatic heterocycles. The number of unbranched alkanes of at least 4 members (excludes halogenated alkanes) is 2. The number of hydrogen-bond acceptors (Lipinski definition) is 1. The Morgan fingerprint density at radius 2 is 1.55 bits per heavy atom. The number of hydrogen-bond donors (Lipinski definition) is 1. The van der Waals surface area contributed by atoms with Gasteiger partial charge in [-0.15, -0.1) is 0 Å². The standard InChI is InChI=1S/C15H21Cl4N/c1-15(2,3)20-8-6-4-5-7-10-11(16)9-12(17)14(19)13(10)18/h9,20H,4-8H2,1-3H3. The predicted octanol–water partition coefficient (Wildman–Crippen LogP) is 6.40. The molecule has 114 valence electrons. The summed E-state index contributed by atoms with van der Waals surface area (Å²) in [4.78, 5) is 0. The van der Waals surface area contributed by atoms with E-state index in [4.69, 9.17) is 46.4 Å². The Labute approximate surface area is 141 Å². The second-order valence-corrected chi connectivity index (χ2v) is 7.50. The van der Waals surface area contributed by atoms with Crippen molar-refractivity contribution in [3.8, 4) is 0 Å². The lowest BCUT2D eigenvalue weighted by Gasteiger charge is -2.20. The molecular weight excluding hydrogens is 336 g/mol. The average Bonchev–Trinajstić information content (AvgIpc) is 2.33. The molecule has 0 aliphatic rings. The van der Waals surface area contributed by atoms with E-state index in [1.165, 1.54) is 0 Å². The van der Waals surface area contributed by atoms with Crippen LogP contribution in [-0.4, -0.2) is 12.1 Å². The molecule has 20 heavy (non-hydrogen) atoms. The highest BCUT2D eigenvalue weighted by Gasteiger charge is 2.13. The molecule has 0 atom stereocenters. The zero-order valence-corrected chi connectivity index (χ0v) is 15.1. The second kappa shape index (κ2) is 8.10. The molecular formula is C15H21Cl4N. The van der Waals surface area contributed by atoms with Crippen LogP contribution in [0.4, 0.5) is 0 Å². The van der Waals surface area contributed by atoms with Crippen molar-refractivity contribution >= 4 is 46.4 Å². The van der Waals surface area contributed by atoms with Crippen LogP contribution in [0.2, 0.25) is 20.1 Å². The van der Waals surface area contributed by atoms with Gasteiger partial charge in [0.15, 0.2) is 0 Å². The highest BCUT2D eigenvalue weighted by atomic mass is 35.5. The lowest BCUT2D eigenvalue weighted by Crippen LogP contribution is -2.36. The first-order valence-electron chi connectivity index (χ1n) is 6.79. The van der Waals surface area contributed by atoms with E-state index in [9.17, 15) is 0 Å². The minimum Gasteiger partial charge on any atom is -0.312 e. The molecule has 0 bridgehead atoms. The van der Waals surface area contributed by atoms with Crippen molar-refractivity contribution in [2.75, 3.05) is 6.54 Å². The Balaban J connectivity index is 2.42. The first kappa shape index (κ1) is 18.4. The predicted molar refractivity (Wildman–Crippen MR) is 91.8 cm³/mol. The van der Waals surface area contributed by atoms with Gasteiger partial charge in [0.1, 0.15) is 0 Å². The van der Waals surface area contributed by atoms with Gasteiger partial charge in [-0.05, 0) is 58.2 Å². The maximum atomic E-state index is 6.19. The molecule has 0 unspecified atom stereocenters. The minimum atomic E-state index is 0.177. The van der Waals surface area contributed by atoms with Crippen molar-refractivity contribution in [3.63, 3.8) is 0 Å². The van der Waals surface area contributed by atoms with Gasteiger partial charge in [0.2, 0.25) is 0 Å². The summed E-state index contributed by atoms with van der Waals surface area (Å²) in [5, 5.41) is 5.34. The molecule has 0 saturated carbocycles. The van der Waals surface area contributed by atoms with Crippen molar-refractivity contribution in [2.45, 2.75) is 52.0 Å². The van der Waals surface area contributed by atoms with Crippen molar-refractivity contribution in [1.82, 2.24) is 5.32 Å². The summed E-state index contributed by atoms with van der Waals surface area (Å²) >= 11 is 24.3. The van der Waals surface area contributed by atoms with Gasteiger partial charge in [0, 0.05) is 10.6 Å². The fourth-order valence-electron chi connectivity index (χ4n) is 1.90. The van der Waals surface area contributed by atoms with Crippen molar-refractivity contribution in [3.05, 3.63) is 31.7 Å². The van der Waals surface area contributed by atoms with Gasteiger partial charge in [-0.25, -0.2) is 0 Å². The molecule has 0 fully saturated rings. The lowest BCUT2D eigenvalue weighted by atomic mass is 10.1. The van der Waals surface area contributed by atoms with Crippen LogP contribution in [0.1, 0.15) is 45.6 Å². The molecule has 0 heterocycles. The molecule has 1 nitrogen and oxygen atoms in total. The van der Waals surface area contributed by atoms with Crippen LogP contribution in [0.25, 0.3) is 0 Å². The summed E-state index contributed by atoms with van der Waals surface area (Å²) in [6.45, 7) is 7.53. The Morgan fingerprint density at radius 1 is 0.900 bits per heavy atom. The molecule has 0 saturated heterocycles. The van der Waals surface area contributed by atoms with Gasteiger partial charge in [0.05, 0.1) is 15.1 Å². The molecule has 0 radical (unpaired) electrons. The third-order valence-corrected chi connectivity index (χ3v) is 4.61. The van der Waals surface area contributed by atoms with Crippen LogP contribution < -0.4 is 5.32 Å². The maximum Gasteiger partial charge on any atom is 0.0782 e. The molecule has 0 spiro atoms. The van der Waals surface area contributed by atoms with Crippen LogP contribution in [0, 0.1) is 0 Å². The fourth-order valence-corrected chi connectivity index (χ4v) is 3.02. The first-order chi connectivity index (χ1) is 9.22. The largest absolute Gasteiger partial charge is 0.312 e. The van der Waals surface area contributed by atoms with Gasteiger partial charge in [0.25, 0.3) is 0 Å². The molecule has 1 N–H and O–H groups in total. The normalized spacial score (nSPS) is 11.9. The van der Waals surface area contributed by atoms with E-state index in [1.807, 2.05) is 0 Å². The SMILES string of the molecule is CC(C)(C)NCCCCCc1c(Cl)cc(Cl)c(Cl)c1Cl. The van der Waals surface area contributed by atoms with E-state index in [-0.39, 0.29) is 5.54 Å². The van der Waals surface area contributed by atoms with E-state index in [0.717, 1.165) is 37.8 Å². The first-order valence-corrected chi connectivity index (χ1v) is 8.30. The lowest BCUT2D eigenvalue weighted by molar-refractivity contribution is 0.417. The van der Waals surface area contributed by atoms with Crippen LogP contribution in [0.3, 0.4) is 0 Å². The minimum absolute atomic E-state index is 0.177. The van der Waals surface area contributed by atoms with E-state index in [1.54, 1.807) is 6.07 Å². The summed E-state index contributed by atoms with van der Waals surface area (Å²) in [6, 6.07) is 1.66. The van der Waals surface area contributed by atoms with E-state index in [0.29, 0.717) is 20.1 Å². The van der Waals surface area contributed by atoms with Crippen LogP contribution in [-0.2, 0) is 6.42 Å². The topological polar surface area (TPSA) is 12.0 Å². The molecule has 0 aliphatic heterocycles. The van der Waals surface area contributed by atoms with Gasteiger partial charge in [-0.2, -0.15) is 0 Å². The molecule has 1 aromatic rings. The summed E-state index contributed by atoms with van der Waals surface area (Å²) in [5.74, 6) is 0. The number of rotatable bonds is 6. The second-order valence-electron chi connectivity index (χ2n) is 5.93. The third kappa shape index (κ3) is 5.99. The van der Waals surface area contributed by atoms with Crippen molar-refractivity contribution in [2.24, 2.45) is 0 Å². The number of nitrogens with one attached hydrogen (secondary N) is 1. The smallest absolute Gasteiger partial charge is 0.0782 e. The zero-order chi connectivity index (χ0) is 15.3. The zero-order valence-electron chi connectivity index (χ0n) is 12.1. The highest BCUT2D eigenvalue weighted by molar-refractivity contribution is 6.49. The summed E-state index contributed by atoms with van der Waals surface area (Å²) in [5.41, 5.74) is 1.07. The third-order valence-electron chi connectivity index (χ3n) is 2.97. The van der Waals surface area contributed by atoms with Crippen molar-refractivity contribution in [1.29, 1.82) is 0 Å². The van der Waals surface area contributed by atoms with Gasteiger partial charge >= 0.3 is 0 Å². The maximum absolute atomic E-state index is 6.19. The Morgan fingerprint density at radius 3 is 2.15 bits per heavy atom. The summed E-state index contributed by atoms with van der Waals surface area (Å²) in [6.07, 6.45) is 4.11. The molecule has 5 heteroatoms. The Kier molecular flexibility index (Phi) is 7.45. The number of halogens is 4. The molecule has 1 aromatic carbocycles. The van der Waals surface area contributed by atoms with Gasteiger partial charge in [-0.3, -0.25) is 0 Å². The van der Waals surface area contributed by atoms with Crippen LogP contribution >= 0.6 is 46.4 Å². The van der Waals surface area contributed by atoms with Gasteiger partial charge < -0.3 is 5.32 Å². The van der Waals surface area contributed by atoms with E-state index < -0.39 is 0 Å². The summed E-state index contributed by atoms with van der Waals surface area (Å²) in [7, 11) is 0. The quantitative estimate of drug-likeness (QED) is 0.353. The molecule has 0 aliphatic carbocycles. The van der Waals surface area contributed by atoms with Crippen molar-refractivity contribution < 1.29 is 0 Å². The summed E-state index contributed by atoms with van der Waals surface area (Å²) < 4.78 is 0. The Bertz CT molecular complexity index is 452. The van der Waals surface area contributed by atoms with Gasteiger partial charge in [-0.1, -0.05) is 52.8 Å². The van der Waals surface area contributed by atoms with E-state index in [2.05, 4.69) is 26.1 Å². The van der Waals surface area contributed by atoms with Crippen LogP contribution in [0.5, 0.6) is 0 Å². The van der Waals surface area contributed by atoms with Crippen LogP contribution in [0.15, 0.2) is 6.07 Å². The Hall–Kier alpha value is 0.340.